The van der Waals surface area contributed by atoms with Gasteiger partial charge in [-0.15, -0.1) is 0 Å². The highest BCUT2D eigenvalue weighted by Crippen LogP contribution is 2.19. The van der Waals surface area contributed by atoms with Gasteiger partial charge in [-0.25, -0.2) is 9.36 Å². The van der Waals surface area contributed by atoms with Crippen LogP contribution < -0.4 is 33.3 Å². The minimum absolute atomic E-state index is 0. The number of hydrogen-bond donors (Lipinski definition) is 0. The SMILES string of the molecule is C[n+]1cccc2ccc(OC(=O)c3ccccc3)cc21.[I-]. The van der Waals surface area contributed by atoms with E-state index in [1.807, 2.05) is 66.3 Å². The van der Waals surface area contributed by atoms with E-state index in [0.717, 1.165) is 10.9 Å². The summed E-state index contributed by atoms with van der Waals surface area (Å²) in [6, 6.07) is 18.6. The van der Waals surface area contributed by atoms with Crippen molar-refractivity contribution in [2.45, 2.75) is 0 Å². The molecule has 106 valence electrons. The van der Waals surface area contributed by atoms with Crippen LogP contribution in [-0.2, 0) is 7.05 Å². The Morgan fingerprint density at radius 1 is 1.00 bits per heavy atom. The van der Waals surface area contributed by atoms with Gasteiger partial charge >= 0.3 is 5.97 Å². The molecule has 3 rings (SSSR count). The van der Waals surface area contributed by atoms with Crippen LogP contribution in [0.4, 0.5) is 0 Å². The lowest BCUT2D eigenvalue weighted by Gasteiger charge is -2.04. The molecule has 0 amide bonds. The average molecular weight is 391 g/mol. The zero-order valence-electron chi connectivity index (χ0n) is 11.5. The third-order valence-corrected chi connectivity index (χ3v) is 3.19. The predicted octanol–water partition coefficient (Wildman–Crippen LogP) is -0.113. The number of carbonyl (C=O) groups excluding carboxylic acids is 1. The molecule has 0 saturated carbocycles. The number of nitrogens with zero attached hydrogens (tertiary/aromatic N) is 1. The summed E-state index contributed by atoms with van der Waals surface area (Å²) >= 11 is 0. The molecular formula is C17H14INO2. The van der Waals surface area contributed by atoms with Gasteiger partial charge in [0.25, 0.3) is 0 Å². The Hall–Kier alpha value is -1.95. The number of benzene rings is 2. The Kier molecular flexibility index (Phi) is 4.90. The first-order valence-electron chi connectivity index (χ1n) is 6.40. The van der Waals surface area contributed by atoms with E-state index >= 15 is 0 Å². The number of hydrogen-bond acceptors (Lipinski definition) is 2. The maximum Gasteiger partial charge on any atom is 0.343 e. The molecule has 0 aliphatic rings. The van der Waals surface area contributed by atoms with Gasteiger partial charge < -0.3 is 28.7 Å². The molecule has 0 aliphatic carbocycles. The predicted molar refractivity (Wildman–Crippen MR) is 76.5 cm³/mol. The highest BCUT2D eigenvalue weighted by atomic mass is 127. The Labute approximate surface area is 140 Å². The first-order valence-corrected chi connectivity index (χ1v) is 6.40. The molecule has 0 radical (unpaired) electrons. The molecule has 0 fully saturated rings. The van der Waals surface area contributed by atoms with Gasteiger partial charge in [-0.3, -0.25) is 0 Å². The van der Waals surface area contributed by atoms with E-state index in [1.54, 1.807) is 12.1 Å². The molecule has 1 heterocycles. The maximum absolute atomic E-state index is 12.0. The van der Waals surface area contributed by atoms with Crippen LogP contribution in [0.1, 0.15) is 10.4 Å². The monoisotopic (exact) mass is 391 g/mol. The highest BCUT2D eigenvalue weighted by molar-refractivity contribution is 5.91. The number of aromatic nitrogens is 1. The number of rotatable bonds is 2. The quantitative estimate of drug-likeness (QED) is 0.264. The lowest BCUT2D eigenvalue weighted by Crippen LogP contribution is -3.00. The standard InChI is InChI=1S/C17H14NO2.HI/c1-18-11-5-8-13-9-10-15(12-16(13)18)20-17(19)14-6-3-2-4-7-14;/h2-12H,1H3;1H/q+1;/p-1. The van der Waals surface area contributed by atoms with Crippen molar-refractivity contribution in [3.05, 3.63) is 72.4 Å². The molecule has 0 N–H and O–H groups in total. The van der Waals surface area contributed by atoms with Crippen molar-refractivity contribution in [1.29, 1.82) is 0 Å². The van der Waals surface area contributed by atoms with Gasteiger partial charge in [0, 0.05) is 11.5 Å². The van der Waals surface area contributed by atoms with E-state index in [-0.39, 0.29) is 29.9 Å². The number of ether oxygens (including phenoxy) is 1. The van der Waals surface area contributed by atoms with Gasteiger partial charge in [-0.1, -0.05) is 18.2 Å². The largest absolute Gasteiger partial charge is 1.00 e. The number of pyridine rings is 1. The van der Waals surface area contributed by atoms with Crippen LogP contribution in [0, 0.1) is 0 Å². The van der Waals surface area contributed by atoms with Crippen molar-refractivity contribution in [1.82, 2.24) is 0 Å². The fourth-order valence-corrected chi connectivity index (χ4v) is 2.13. The first kappa shape index (κ1) is 15.4. The second kappa shape index (κ2) is 6.67. The smallest absolute Gasteiger partial charge is 0.343 e. The van der Waals surface area contributed by atoms with Crippen LogP contribution in [0.3, 0.4) is 0 Å². The second-order valence-corrected chi connectivity index (χ2v) is 4.60. The van der Waals surface area contributed by atoms with Crippen LogP contribution in [-0.4, -0.2) is 5.97 Å². The van der Waals surface area contributed by atoms with Crippen LogP contribution in [0.15, 0.2) is 66.9 Å². The highest BCUT2D eigenvalue weighted by Gasteiger charge is 2.10. The van der Waals surface area contributed by atoms with E-state index in [4.69, 9.17) is 4.74 Å². The molecule has 1 aromatic heterocycles. The third-order valence-electron chi connectivity index (χ3n) is 3.19. The van der Waals surface area contributed by atoms with Crippen LogP contribution in [0.5, 0.6) is 5.75 Å². The van der Waals surface area contributed by atoms with Crippen molar-refractivity contribution >= 4 is 16.9 Å². The molecule has 2 aromatic carbocycles. The summed E-state index contributed by atoms with van der Waals surface area (Å²) in [6.45, 7) is 0. The van der Waals surface area contributed by atoms with E-state index in [0.29, 0.717) is 11.3 Å². The molecule has 0 bridgehead atoms. The first-order chi connectivity index (χ1) is 9.74. The molecule has 4 heteroatoms. The van der Waals surface area contributed by atoms with Crippen molar-refractivity contribution < 1.29 is 38.1 Å². The zero-order valence-corrected chi connectivity index (χ0v) is 13.7. The van der Waals surface area contributed by atoms with E-state index in [2.05, 4.69) is 0 Å². The normalized spacial score (nSPS) is 9.95. The minimum Gasteiger partial charge on any atom is -1.00 e. The van der Waals surface area contributed by atoms with Gasteiger partial charge in [0.15, 0.2) is 6.20 Å². The molecule has 0 unspecified atom stereocenters. The average Bonchev–Trinajstić information content (AvgIpc) is 2.49. The lowest BCUT2D eigenvalue weighted by molar-refractivity contribution is -0.644. The molecule has 3 nitrogen and oxygen atoms in total. The summed E-state index contributed by atoms with van der Waals surface area (Å²) in [7, 11) is 1.96. The lowest BCUT2D eigenvalue weighted by atomic mass is 10.2. The van der Waals surface area contributed by atoms with Gasteiger partial charge in [0.05, 0.1) is 11.6 Å². The fourth-order valence-electron chi connectivity index (χ4n) is 2.13. The van der Waals surface area contributed by atoms with Crippen molar-refractivity contribution in [3.63, 3.8) is 0 Å². The van der Waals surface area contributed by atoms with Crippen LogP contribution >= 0.6 is 0 Å². The van der Waals surface area contributed by atoms with Gasteiger partial charge in [-0.2, -0.15) is 0 Å². The molecule has 0 spiro atoms. The van der Waals surface area contributed by atoms with Crippen LogP contribution in [0.2, 0.25) is 0 Å². The van der Waals surface area contributed by atoms with E-state index < -0.39 is 0 Å². The summed E-state index contributed by atoms with van der Waals surface area (Å²) in [6.07, 6.45) is 1.96. The Morgan fingerprint density at radius 2 is 1.76 bits per heavy atom. The number of aryl methyl sites for hydroxylation is 1. The summed E-state index contributed by atoms with van der Waals surface area (Å²) in [5, 5.41) is 1.11. The van der Waals surface area contributed by atoms with E-state index in [1.165, 1.54) is 0 Å². The second-order valence-electron chi connectivity index (χ2n) is 4.60. The molecule has 0 saturated heterocycles. The van der Waals surface area contributed by atoms with Gasteiger partial charge in [-0.05, 0) is 30.3 Å². The van der Waals surface area contributed by atoms with Crippen LogP contribution in [0.25, 0.3) is 10.9 Å². The zero-order chi connectivity index (χ0) is 13.9. The summed E-state index contributed by atoms with van der Waals surface area (Å²) in [4.78, 5) is 12.0. The van der Waals surface area contributed by atoms with Gasteiger partial charge in [0.1, 0.15) is 12.8 Å². The molecule has 0 aliphatic heterocycles. The summed E-state index contributed by atoms with van der Waals surface area (Å²) in [5.74, 6) is 0.205. The molecule has 3 aromatic rings. The Morgan fingerprint density at radius 3 is 2.52 bits per heavy atom. The Balaban J connectivity index is 0.00000161. The molecule has 21 heavy (non-hydrogen) atoms. The third kappa shape index (κ3) is 3.39. The van der Waals surface area contributed by atoms with Gasteiger partial charge in [0.2, 0.25) is 5.52 Å². The number of fused-ring (bicyclic) bond motifs is 1. The topological polar surface area (TPSA) is 30.2 Å². The van der Waals surface area contributed by atoms with Crippen molar-refractivity contribution in [2.75, 3.05) is 0 Å². The number of esters is 1. The van der Waals surface area contributed by atoms with Crippen molar-refractivity contribution in [2.24, 2.45) is 7.05 Å². The number of halogens is 1. The summed E-state index contributed by atoms with van der Waals surface area (Å²) in [5.41, 5.74) is 1.57. The minimum atomic E-state index is -0.344. The van der Waals surface area contributed by atoms with Crippen molar-refractivity contribution in [3.8, 4) is 5.75 Å². The fraction of sp³-hybridized carbons (Fsp3) is 0.0588. The molecular weight excluding hydrogens is 377 g/mol. The Bertz CT molecular complexity index is 772. The number of carbonyl (C=O) groups is 1. The van der Waals surface area contributed by atoms with E-state index in [9.17, 15) is 4.79 Å². The molecule has 0 atom stereocenters. The summed E-state index contributed by atoms with van der Waals surface area (Å²) < 4.78 is 7.41. The maximum atomic E-state index is 12.0.